The summed E-state index contributed by atoms with van der Waals surface area (Å²) in [4.78, 5) is 52.5. The van der Waals surface area contributed by atoms with Crippen LogP contribution in [0.4, 0.5) is 5.69 Å². The number of ether oxygens (including phenoxy) is 1. The lowest BCUT2D eigenvalue weighted by Gasteiger charge is -2.36. The minimum Gasteiger partial charge on any atom is -0.511 e. The van der Waals surface area contributed by atoms with E-state index in [-0.39, 0.29) is 48.0 Å². The number of Topliss-reactive ketones (excluding diaryl/α,β-unsaturated/α-hetero) is 1. The van der Waals surface area contributed by atoms with Crippen molar-refractivity contribution in [3.63, 3.8) is 0 Å². The highest BCUT2D eigenvalue weighted by molar-refractivity contribution is 6.30. The molecule has 2 atom stereocenters. The van der Waals surface area contributed by atoms with Gasteiger partial charge in [-0.1, -0.05) is 38.1 Å². The number of hydrogen-bond acceptors (Lipinski definition) is 8. The lowest BCUT2D eigenvalue weighted by atomic mass is 9.71. The van der Waals surface area contributed by atoms with Crippen molar-refractivity contribution >= 4 is 40.5 Å². The lowest BCUT2D eigenvalue weighted by molar-refractivity contribution is -0.527. The Morgan fingerprint density at radius 2 is 1.59 bits per heavy atom. The van der Waals surface area contributed by atoms with Crippen molar-refractivity contribution in [3.05, 3.63) is 82.1 Å². The highest BCUT2D eigenvalue weighted by Gasteiger charge is 2.44. The Bertz CT molecular complexity index is 2000. The van der Waals surface area contributed by atoms with Crippen molar-refractivity contribution in [1.82, 2.24) is 10.6 Å². The largest absolute Gasteiger partial charge is 0.511 e. The highest BCUT2D eigenvalue weighted by atomic mass is 16.5. The number of carbonyl (C=O) groups excluding carboxylic acids is 3. The second kappa shape index (κ2) is 19.4. The van der Waals surface area contributed by atoms with Gasteiger partial charge in [-0.15, -0.1) is 0 Å². The molecule has 0 saturated heterocycles. The van der Waals surface area contributed by atoms with Crippen LogP contribution in [0.5, 0.6) is 11.5 Å². The lowest BCUT2D eigenvalue weighted by Crippen LogP contribution is -2.52. The molecule has 12 nitrogen and oxygen atoms in total. The molecule has 0 radical (unpaired) electrons. The Morgan fingerprint density at radius 3 is 2.22 bits per heavy atom. The summed E-state index contributed by atoms with van der Waals surface area (Å²) in [5.41, 5.74) is 5.22. The number of aliphatic hydroxyl groups is 1. The summed E-state index contributed by atoms with van der Waals surface area (Å²) in [6.07, 6.45) is 12.4. The first-order chi connectivity index (χ1) is 27.7. The number of amides is 2. The maximum absolute atomic E-state index is 13.4. The van der Waals surface area contributed by atoms with Crippen LogP contribution >= 0.6 is 0 Å². The number of ketones is 1. The van der Waals surface area contributed by atoms with Crippen LogP contribution < -0.4 is 20.3 Å². The third kappa shape index (κ3) is 9.82. The van der Waals surface area contributed by atoms with Crippen molar-refractivity contribution < 1.29 is 43.8 Å². The van der Waals surface area contributed by atoms with Gasteiger partial charge in [0.05, 0.1) is 17.9 Å². The molecule has 0 spiro atoms. The predicted molar refractivity (Wildman–Crippen MR) is 226 cm³/mol. The number of carboxylic acid groups (broad SMARTS) is 1. The molecule has 1 aliphatic heterocycles. The molecule has 58 heavy (non-hydrogen) atoms. The van der Waals surface area contributed by atoms with E-state index < -0.39 is 17.5 Å². The molecule has 5 rings (SSSR count). The Labute approximate surface area is 342 Å². The quantitative estimate of drug-likeness (QED) is 0.0813. The van der Waals surface area contributed by atoms with Crippen LogP contribution in [-0.2, 0) is 25.6 Å². The zero-order chi connectivity index (χ0) is 42.1. The molecule has 0 aromatic heterocycles. The van der Waals surface area contributed by atoms with Gasteiger partial charge >= 0.3 is 5.97 Å². The van der Waals surface area contributed by atoms with E-state index in [9.17, 15) is 29.4 Å². The number of aromatic hydroxyl groups is 1. The molecule has 0 saturated carbocycles. The highest BCUT2D eigenvalue weighted by Crippen LogP contribution is 2.44. The van der Waals surface area contributed by atoms with Crippen molar-refractivity contribution in [3.8, 4) is 11.5 Å². The van der Waals surface area contributed by atoms with Crippen LogP contribution in [0.15, 0.2) is 54.3 Å². The van der Waals surface area contributed by atoms with Crippen LogP contribution in [0, 0.1) is 32.6 Å². The molecule has 0 bridgehead atoms. The minimum absolute atomic E-state index is 0.0905. The number of carbonyl (C=O) groups is 4. The van der Waals surface area contributed by atoms with E-state index in [4.69, 9.17) is 9.84 Å². The minimum atomic E-state index is -1.05. The Balaban J connectivity index is 1.08. The maximum Gasteiger partial charge on any atom is 0.303 e. The van der Waals surface area contributed by atoms with E-state index in [1.165, 1.54) is 0 Å². The summed E-state index contributed by atoms with van der Waals surface area (Å²) < 4.78 is 8.42. The average molecular weight is 798 g/mol. The number of rotatable bonds is 19. The number of nitrogens with zero attached hydrogens (tertiary/aromatic N) is 2. The molecule has 5 N–H and O–H groups in total. The molecule has 312 valence electrons. The van der Waals surface area contributed by atoms with Gasteiger partial charge in [-0.3, -0.25) is 19.2 Å². The van der Waals surface area contributed by atoms with Gasteiger partial charge in [0.25, 0.3) is 5.91 Å². The summed E-state index contributed by atoms with van der Waals surface area (Å²) >= 11 is 0. The molecule has 2 aromatic carbocycles. The summed E-state index contributed by atoms with van der Waals surface area (Å²) in [6.45, 7) is 15.0. The normalized spacial score (nSPS) is 19.6. The summed E-state index contributed by atoms with van der Waals surface area (Å²) in [6, 6.07) is 7.63. The first-order valence-corrected chi connectivity index (χ1v) is 20.8. The van der Waals surface area contributed by atoms with Crippen LogP contribution in [0.3, 0.4) is 0 Å². The van der Waals surface area contributed by atoms with Crippen LogP contribution in [0.25, 0.3) is 5.57 Å². The van der Waals surface area contributed by atoms with E-state index in [1.807, 2.05) is 69.3 Å². The molecule has 3 aliphatic rings. The van der Waals surface area contributed by atoms with E-state index in [1.54, 1.807) is 6.92 Å². The third-order valence-corrected chi connectivity index (χ3v) is 11.7. The first kappa shape index (κ1) is 43.7. The molecular formula is C46H61N4O8+. The van der Waals surface area contributed by atoms with Gasteiger partial charge in [-0.25, -0.2) is 4.58 Å². The number of aliphatic hydroxyl groups excluding tert-OH is 1. The Hall–Kier alpha value is -5.39. The van der Waals surface area contributed by atoms with Crippen LogP contribution in [0.2, 0.25) is 0 Å². The van der Waals surface area contributed by atoms with Gasteiger partial charge in [0.1, 0.15) is 30.3 Å². The van der Waals surface area contributed by atoms with Gasteiger partial charge in [0, 0.05) is 81.2 Å². The van der Waals surface area contributed by atoms with Crippen LogP contribution in [-0.4, -0.2) is 94.0 Å². The van der Waals surface area contributed by atoms with Gasteiger partial charge < -0.3 is 35.6 Å². The van der Waals surface area contributed by atoms with E-state index in [0.29, 0.717) is 68.6 Å². The number of carboxylic acids is 1. The fourth-order valence-corrected chi connectivity index (χ4v) is 8.13. The molecule has 1 heterocycles. The molecule has 2 unspecified atom stereocenters. The number of phenolic OH excluding ortho intramolecular Hbond substituents is 1. The summed E-state index contributed by atoms with van der Waals surface area (Å²) in [5.74, 6) is -1.09. The molecule has 12 heteroatoms. The number of nitrogens with one attached hydrogen (secondary N) is 2. The van der Waals surface area contributed by atoms with Crippen molar-refractivity contribution in [1.29, 1.82) is 0 Å². The number of allylic oxidation sites excluding steroid dienone is 6. The van der Waals surface area contributed by atoms with Crippen molar-refractivity contribution in [2.45, 2.75) is 98.5 Å². The summed E-state index contributed by atoms with van der Waals surface area (Å²) in [5, 5.41) is 36.4. The number of benzene rings is 2. The molecule has 2 aliphatic carbocycles. The molecule has 0 fully saturated rings. The molecule has 2 amide bonds. The smallest absolute Gasteiger partial charge is 0.303 e. The van der Waals surface area contributed by atoms with E-state index >= 15 is 0 Å². The topological polar surface area (TPSA) is 169 Å². The fraction of sp³-hybridized carbons (Fsp3) is 0.500. The van der Waals surface area contributed by atoms with Gasteiger partial charge in [0.2, 0.25) is 5.91 Å². The zero-order valence-corrected chi connectivity index (χ0v) is 35.0. The zero-order valence-electron chi connectivity index (χ0n) is 35.0. The van der Waals surface area contributed by atoms with Gasteiger partial charge in [-0.2, -0.15) is 0 Å². The van der Waals surface area contributed by atoms with Gasteiger partial charge in [0.15, 0.2) is 17.1 Å². The fourth-order valence-electron chi connectivity index (χ4n) is 8.13. The second-order valence-electron chi connectivity index (χ2n) is 15.9. The SMILES string of the molecule is CCCN(CCCC(=O)NCCNC(=O)C1(C)CCc2c(C)c(O)c(C)c(C)c2O1)c1ccc(C2=C(O)C(C3C=CC(=[N+](CCC)CCCC(=O)O)C=C3)C2=O)cc1. The second-order valence-corrected chi connectivity index (χ2v) is 15.9. The maximum atomic E-state index is 13.4. The van der Waals surface area contributed by atoms with E-state index in [2.05, 4.69) is 34.0 Å². The molecule has 2 aromatic rings. The van der Waals surface area contributed by atoms with Crippen LogP contribution in [0.1, 0.15) is 93.5 Å². The average Bonchev–Trinajstić information content (AvgIpc) is 3.20. The Kier molecular flexibility index (Phi) is 14.6. The number of aliphatic carboxylic acids is 1. The van der Waals surface area contributed by atoms with Gasteiger partial charge in [-0.05, 0) is 81.3 Å². The number of anilines is 1. The first-order valence-electron chi connectivity index (χ1n) is 20.8. The predicted octanol–water partition coefficient (Wildman–Crippen LogP) is 6.27. The van der Waals surface area contributed by atoms with Crippen molar-refractivity contribution in [2.24, 2.45) is 11.8 Å². The molecular weight excluding hydrogens is 737 g/mol. The standard InChI is InChI=1S/C46H60N4O8/c1-7-25-49(27-9-11-37(51)47-23-24-48-45(57)46(6)22-21-36-31(5)41(54)29(3)30(4)44(36)58-46)34-17-13-32(14-18-34)39-42(55)40(43(39)56)33-15-19-35(20-16-33)50(26-8-2)28-10-12-38(52)53/h13-20,33,40H,7-12,21-28H2,1-6H3,(H4-,47,48,51,52,53,54,55,56,57)/p+1. The monoisotopic (exact) mass is 797 g/mol. The van der Waals surface area contributed by atoms with Crippen molar-refractivity contribution in [2.75, 3.05) is 44.2 Å². The number of phenols is 1. The number of fused-ring (bicyclic) bond motifs is 1. The Morgan fingerprint density at radius 1 is 0.897 bits per heavy atom. The number of hydrogen-bond donors (Lipinski definition) is 5. The van der Waals surface area contributed by atoms with E-state index in [0.717, 1.165) is 59.6 Å². The summed E-state index contributed by atoms with van der Waals surface area (Å²) in [7, 11) is 0. The third-order valence-electron chi connectivity index (χ3n) is 11.7.